The van der Waals surface area contributed by atoms with Gasteiger partial charge in [-0.25, -0.2) is 4.98 Å². The molecule has 0 saturated carbocycles. The van der Waals surface area contributed by atoms with Gasteiger partial charge in [-0.2, -0.15) is 18.3 Å². The van der Waals surface area contributed by atoms with E-state index in [1.165, 1.54) is 17.2 Å². The van der Waals surface area contributed by atoms with Gasteiger partial charge in [0.25, 0.3) is 0 Å². The summed E-state index contributed by atoms with van der Waals surface area (Å²) < 4.78 is 38.5. The number of alkyl halides is 3. The number of halogens is 3. The molecule has 5 rings (SSSR count). The highest BCUT2D eigenvalue weighted by Crippen LogP contribution is 2.31. The number of rotatable bonds is 4. The Labute approximate surface area is 196 Å². The first-order valence-electron chi connectivity index (χ1n) is 11.4. The molecule has 1 atom stereocenters. The van der Waals surface area contributed by atoms with E-state index in [0.29, 0.717) is 12.4 Å². The van der Waals surface area contributed by atoms with Crippen LogP contribution in [0.1, 0.15) is 29.2 Å². The summed E-state index contributed by atoms with van der Waals surface area (Å²) in [5, 5.41) is 10.9. The van der Waals surface area contributed by atoms with Gasteiger partial charge in [-0.3, -0.25) is 10.00 Å². The quantitative estimate of drug-likeness (QED) is 0.596. The molecular formula is C25H27F3N6. The number of aromatic nitrogens is 3. The number of hydrogen-bond acceptors (Lipinski definition) is 5. The number of benzene rings is 1. The topological polar surface area (TPSA) is 60.1 Å². The molecule has 0 amide bonds. The van der Waals surface area contributed by atoms with Crippen molar-refractivity contribution in [1.29, 1.82) is 0 Å². The number of anilines is 1. The summed E-state index contributed by atoms with van der Waals surface area (Å²) in [6.45, 7) is 9.88. The largest absolute Gasteiger partial charge is 0.417 e. The van der Waals surface area contributed by atoms with Gasteiger partial charge in [0.2, 0.25) is 0 Å². The molecule has 0 spiro atoms. The minimum absolute atomic E-state index is 0.122. The number of nitrogens with one attached hydrogen (secondary N) is 2. The van der Waals surface area contributed by atoms with Crippen LogP contribution in [0.25, 0.3) is 11.3 Å². The van der Waals surface area contributed by atoms with E-state index in [9.17, 15) is 13.2 Å². The molecule has 0 bridgehead atoms. The van der Waals surface area contributed by atoms with Gasteiger partial charge in [-0.15, -0.1) is 0 Å². The summed E-state index contributed by atoms with van der Waals surface area (Å²) in [6, 6.07) is 9.16. The lowest BCUT2D eigenvalue weighted by Crippen LogP contribution is -2.51. The second-order valence-corrected chi connectivity index (χ2v) is 9.06. The second kappa shape index (κ2) is 8.79. The van der Waals surface area contributed by atoms with Crippen LogP contribution in [-0.2, 0) is 25.7 Å². The molecule has 4 heterocycles. The summed E-state index contributed by atoms with van der Waals surface area (Å²) in [4.78, 5) is 8.49. The standard InChI is InChI=1S/C25H27F3N6/c1-16-9-18-3-4-19(10-20(18)11-29-16)24-21(12-31-32-24)15-33-7-8-34(17(2)14-33)23-6-5-22(13-30-23)25(26,27)28/h3-6,10,12-13,17,29H,1,7-9,11,14-15H2,2H3,(H,31,32)/t17-/m1/s1. The van der Waals surface area contributed by atoms with Gasteiger partial charge in [0.05, 0.1) is 11.3 Å². The van der Waals surface area contributed by atoms with Gasteiger partial charge in [-0.1, -0.05) is 18.7 Å². The number of fused-ring (bicyclic) bond motifs is 1. The molecule has 3 aromatic rings. The molecule has 0 radical (unpaired) electrons. The molecule has 0 unspecified atom stereocenters. The van der Waals surface area contributed by atoms with Crippen LogP contribution < -0.4 is 10.2 Å². The Morgan fingerprint density at radius 3 is 2.74 bits per heavy atom. The molecule has 178 valence electrons. The maximum Gasteiger partial charge on any atom is 0.417 e. The van der Waals surface area contributed by atoms with E-state index in [-0.39, 0.29) is 6.04 Å². The second-order valence-electron chi connectivity index (χ2n) is 9.06. The van der Waals surface area contributed by atoms with E-state index < -0.39 is 11.7 Å². The Balaban J connectivity index is 1.26. The van der Waals surface area contributed by atoms with Crippen LogP contribution in [0.3, 0.4) is 0 Å². The zero-order chi connectivity index (χ0) is 23.9. The average molecular weight is 469 g/mol. The highest BCUT2D eigenvalue weighted by atomic mass is 19.4. The summed E-state index contributed by atoms with van der Waals surface area (Å²) in [5.41, 5.74) is 6.05. The maximum absolute atomic E-state index is 12.8. The molecule has 34 heavy (non-hydrogen) atoms. The minimum atomic E-state index is -4.37. The van der Waals surface area contributed by atoms with Crippen molar-refractivity contribution in [2.45, 2.75) is 38.7 Å². The molecule has 1 saturated heterocycles. The molecule has 2 aliphatic heterocycles. The number of allylic oxidation sites excluding steroid dienone is 1. The molecule has 2 aliphatic rings. The number of nitrogens with zero attached hydrogens (tertiary/aromatic N) is 4. The van der Waals surface area contributed by atoms with Crippen molar-refractivity contribution in [3.63, 3.8) is 0 Å². The van der Waals surface area contributed by atoms with Crippen LogP contribution in [0.2, 0.25) is 0 Å². The highest BCUT2D eigenvalue weighted by Gasteiger charge is 2.32. The molecular weight excluding hydrogens is 441 g/mol. The molecule has 0 aliphatic carbocycles. The molecule has 2 N–H and O–H groups in total. The van der Waals surface area contributed by atoms with E-state index in [2.05, 4.69) is 62.0 Å². The predicted molar refractivity (Wildman–Crippen MR) is 125 cm³/mol. The lowest BCUT2D eigenvalue weighted by Gasteiger charge is -2.40. The Kier molecular flexibility index (Phi) is 5.81. The van der Waals surface area contributed by atoms with Crippen molar-refractivity contribution in [2.24, 2.45) is 0 Å². The van der Waals surface area contributed by atoms with Gasteiger partial charge in [0.15, 0.2) is 0 Å². The van der Waals surface area contributed by atoms with Gasteiger partial charge < -0.3 is 10.2 Å². The fraction of sp³-hybridized carbons (Fsp3) is 0.360. The van der Waals surface area contributed by atoms with Gasteiger partial charge in [0, 0.05) is 74.4 Å². The lowest BCUT2D eigenvalue weighted by atomic mass is 9.95. The summed E-state index contributed by atoms with van der Waals surface area (Å²) >= 11 is 0. The first-order chi connectivity index (χ1) is 16.3. The van der Waals surface area contributed by atoms with E-state index in [0.717, 1.165) is 67.4 Å². The van der Waals surface area contributed by atoms with Crippen LogP contribution in [-0.4, -0.2) is 45.8 Å². The van der Waals surface area contributed by atoms with Crippen LogP contribution >= 0.6 is 0 Å². The molecule has 6 nitrogen and oxygen atoms in total. The van der Waals surface area contributed by atoms with Gasteiger partial charge >= 0.3 is 6.18 Å². The number of piperazine rings is 1. The number of hydrogen-bond donors (Lipinski definition) is 2. The lowest BCUT2D eigenvalue weighted by molar-refractivity contribution is -0.137. The summed E-state index contributed by atoms with van der Waals surface area (Å²) in [7, 11) is 0. The predicted octanol–water partition coefficient (Wildman–Crippen LogP) is 4.36. The smallest absolute Gasteiger partial charge is 0.384 e. The zero-order valence-corrected chi connectivity index (χ0v) is 19.0. The Hall–Kier alpha value is -3.33. The summed E-state index contributed by atoms with van der Waals surface area (Å²) in [5.74, 6) is 0.578. The van der Waals surface area contributed by atoms with Gasteiger partial charge in [-0.05, 0) is 36.2 Å². The van der Waals surface area contributed by atoms with Crippen LogP contribution in [0, 0.1) is 0 Å². The van der Waals surface area contributed by atoms with Crippen LogP contribution in [0.4, 0.5) is 19.0 Å². The third kappa shape index (κ3) is 4.52. The molecule has 1 fully saturated rings. The average Bonchev–Trinajstić information content (AvgIpc) is 3.26. The van der Waals surface area contributed by atoms with E-state index >= 15 is 0 Å². The van der Waals surface area contributed by atoms with Crippen molar-refractivity contribution < 1.29 is 13.2 Å². The van der Waals surface area contributed by atoms with Crippen molar-refractivity contribution in [3.05, 3.63) is 77.3 Å². The number of pyridine rings is 1. The molecule has 2 aromatic heterocycles. The third-order valence-corrected chi connectivity index (χ3v) is 6.61. The van der Waals surface area contributed by atoms with Crippen molar-refractivity contribution in [1.82, 2.24) is 25.4 Å². The van der Waals surface area contributed by atoms with E-state index in [1.807, 2.05) is 6.20 Å². The first kappa shape index (κ1) is 22.5. The van der Waals surface area contributed by atoms with Crippen LogP contribution in [0.5, 0.6) is 0 Å². The molecule has 9 heteroatoms. The van der Waals surface area contributed by atoms with Gasteiger partial charge in [0.1, 0.15) is 5.82 Å². The Morgan fingerprint density at radius 1 is 1.15 bits per heavy atom. The fourth-order valence-electron chi connectivity index (χ4n) is 4.79. The molecule has 1 aromatic carbocycles. The summed E-state index contributed by atoms with van der Waals surface area (Å²) in [6.07, 6.45) is -0.667. The van der Waals surface area contributed by atoms with Crippen molar-refractivity contribution in [3.8, 4) is 11.3 Å². The Bertz CT molecular complexity index is 1180. The third-order valence-electron chi connectivity index (χ3n) is 6.61. The zero-order valence-electron chi connectivity index (χ0n) is 19.0. The monoisotopic (exact) mass is 468 g/mol. The Morgan fingerprint density at radius 2 is 2.00 bits per heavy atom. The van der Waals surface area contributed by atoms with E-state index in [4.69, 9.17) is 0 Å². The first-order valence-corrected chi connectivity index (χ1v) is 11.4. The maximum atomic E-state index is 12.8. The number of aromatic amines is 1. The van der Waals surface area contributed by atoms with Crippen LogP contribution in [0.15, 0.2) is 55.0 Å². The van der Waals surface area contributed by atoms with Crippen molar-refractivity contribution in [2.75, 3.05) is 24.5 Å². The number of H-pyrrole nitrogens is 1. The SMILES string of the molecule is C=C1Cc2ccc(-c3n[nH]cc3CN3CCN(c4ccc(C(F)(F)F)cn4)[C@H](C)C3)cc2CN1. The highest BCUT2D eigenvalue weighted by molar-refractivity contribution is 5.64. The normalized spacial score (nSPS) is 19.1. The fourth-order valence-corrected chi connectivity index (χ4v) is 4.79. The van der Waals surface area contributed by atoms with Crippen molar-refractivity contribution >= 4 is 5.82 Å². The minimum Gasteiger partial charge on any atom is -0.384 e. The van der Waals surface area contributed by atoms with E-state index in [1.54, 1.807) is 0 Å².